The number of rotatable bonds is 7. The van der Waals surface area contributed by atoms with Gasteiger partial charge in [0.15, 0.2) is 12.1 Å². The number of allylic oxidation sites excluding steroid dienone is 1. The second-order valence-electron chi connectivity index (χ2n) is 3.62. The molecule has 0 aliphatic rings. The van der Waals surface area contributed by atoms with Crippen LogP contribution in [0.25, 0.3) is 0 Å². The molecule has 0 unspecified atom stereocenters. The summed E-state index contributed by atoms with van der Waals surface area (Å²) >= 11 is 0. The average molecular weight is 233 g/mol. The predicted octanol–water partition coefficient (Wildman–Crippen LogP) is 1.33. The molecule has 0 aliphatic heterocycles. The van der Waals surface area contributed by atoms with Crippen molar-refractivity contribution in [3.05, 3.63) is 41.7 Å². The Morgan fingerprint density at radius 2 is 2.24 bits per heavy atom. The molecular weight excluding hydrogens is 218 g/mol. The quantitative estimate of drug-likeness (QED) is 0.438. The minimum atomic E-state index is -0.439. The van der Waals surface area contributed by atoms with Crippen molar-refractivity contribution in [2.45, 2.75) is 19.3 Å². The Morgan fingerprint density at radius 3 is 2.82 bits per heavy atom. The van der Waals surface area contributed by atoms with E-state index in [2.05, 4.69) is 4.98 Å². The van der Waals surface area contributed by atoms with Gasteiger partial charge in [-0.05, 0) is 37.5 Å². The van der Waals surface area contributed by atoms with Crippen LogP contribution < -0.4 is 0 Å². The topological polar surface area (TPSA) is 67.3 Å². The highest BCUT2D eigenvalue weighted by molar-refractivity contribution is 5.90. The number of pyridine rings is 1. The van der Waals surface area contributed by atoms with Crippen molar-refractivity contribution >= 4 is 12.1 Å². The molecule has 0 aliphatic carbocycles. The molecule has 4 heteroatoms. The molecule has 0 atom stereocenters. The van der Waals surface area contributed by atoms with Gasteiger partial charge in [-0.15, -0.1) is 0 Å². The number of nitrogens with zero attached hydrogens (tertiary/aromatic N) is 1. The van der Waals surface area contributed by atoms with E-state index in [0.29, 0.717) is 5.56 Å². The van der Waals surface area contributed by atoms with E-state index in [1.807, 2.05) is 6.07 Å². The molecule has 0 saturated heterocycles. The molecule has 1 heterocycles. The summed E-state index contributed by atoms with van der Waals surface area (Å²) in [5, 5.41) is 8.48. The van der Waals surface area contributed by atoms with Crippen LogP contribution in [0.5, 0.6) is 0 Å². The van der Waals surface area contributed by atoms with Crippen LogP contribution in [0.4, 0.5) is 0 Å². The van der Waals surface area contributed by atoms with E-state index >= 15 is 0 Å². The first-order chi connectivity index (χ1) is 8.26. The minimum absolute atomic E-state index is 0.279. The number of carbonyl (C=O) groups is 2. The van der Waals surface area contributed by atoms with Gasteiger partial charge in [-0.2, -0.15) is 0 Å². The smallest absolute Gasteiger partial charge is 0.180 e. The summed E-state index contributed by atoms with van der Waals surface area (Å²) in [4.78, 5) is 25.3. The third-order valence-electron chi connectivity index (χ3n) is 2.25. The van der Waals surface area contributed by atoms with E-state index in [1.54, 1.807) is 18.3 Å². The Morgan fingerprint density at radius 1 is 1.41 bits per heavy atom. The summed E-state index contributed by atoms with van der Waals surface area (Å²) in [6, 6.07) is 3.56. The van der Waals surface area contributed by atoms with Crippen LogP contribution in [0.2, 0.25) is 0 Å². The van der Waals surface area contributed by atoms with Gasteiger partial charge in [0.05, 0.1) is 0 Å². The molecule has 17 heavy (non-hydrogen) atoms. The van der Waals surface area contributed by atoms with Crippen molar-refractivity contribution in [3.63, 3.8) is 0 Å². The van der Waals surface area contributed by atoms with Gasteiger partial charge in [-0.1, -0.05) is 6.08 Å². The first-order valence-corrected chi connectivity index (χ1v) is 5.46. The number of aromatic nitrogens is 1. The molecule has 0 spiro atoms. The van der Waals surface area contributed by atoms with E-state index in [1.165, 1.54) is 6.08 Å². The summed E-state index contributed by atoms with van der Waals surface area (Å²) in [5.41, 5.74) is 1.50. The molecule has 90 valence electrons. The third-order valence-corrected chi connectivity index (χ3v) is 2.25. The summed E-state index contributed by atoms with van der Waals surface area (Å²) in [5.74, 6) is -0.279. The molecule has 0 radical (unpaired) electrons. The highest BCUT2D eigenvalue weighted by Crippen LogP contribution is 2.03. The van der Waals surface area contributed by atoms with Gasteiger partial charge < -0.3 is 5.11 Å². The Balaban J connectivity index is 2.28. The van der Waals surface area contributed by atoms with E-state index in [-0.39, 0.29) is 5.78 Å². The zero-order valence-electron chi connectivity index (χ0n) is 9.50. The molecule has 0 bridgehead atoms. The van der Waals surface area contributed by atoms with Crippen LogP contribution in [-0.2, 0) is 11.2 Å². The van der Waals surface area contributed by atoms with E-state index in [0.717, 1.165) is 31.2 Å². The number of unbranched alkanes of at least 4 members (excludes halogenated alkanes) is 1. The normalized spacial score (nSPS) is 10.6. The fourth-order valence-corrected chi connectivity index (χ4v) is 1.32. The Hall–Kier alpha value is -1.81. The number of aryl methyl sites for hydroxylation is 1. The van der Waals surface area contributed by atoms with Gasteiger partial charge in [0.1, 0.15) is 6.61 Å². The van der Waals surface area contributed by atoms with Gasteiger partial charge >= 0.3 is 0 Å². The zero-order valence-corrected chi connectivity index (χ0v) is 9.50. The number of hydrogen-bond acceptors (Lipinski definition) is 4. The molecule has 1 rings (SSSR count). The number of carbonyl (C=O) groups excluding carboxylic acids is 2. The lowest BCUT2D eigenvalue weighted by atomic mass is 10.1. The van der Waals surface area contributed by atoms with Gasteiger partial charge in [0, 0.05) is 17.5 Å². The number of aliphatic hydroxyl groups excluding tert-OH is 1. The minimum Gasteiger partial charge on any atom is -0.388 e. The van der Waals surface area contributed by atoms with Gasteiger partial charge in [-0.3, -0.25) is 14.6 Å². The second kappa shape index (κ2) is 7.46. The van der Waals surface area contributed by atoms with E-state index in [4.69, 9.17) is 5.11 Å². The summed E-state index contributed by atoms with van der Waals surface area (Å²) in [7, 11) is 0. The molecular formula is C13H15NO3. The monoisotopic (exact) mass is 233 g/mol. The maximum Gasteiger partial charge on any atom is 0.180 e. The number of ketones is 1. The number of aliphatic hydroxyl groups is 1. The lowest BCUT2D eigenvalue weighted by Crippen LogP contribution is -1.97. The summed E-state index contributed by atoms with van der Waals surface area (Å²) in [6.45, 7) is -0.439. The van der Waals surface area contributed by atoms with Crippen molar-refractivity contribution in [1.82, 2.24) is 4.98 Å². The Kier molecular flexibility index (Phi) is 5.82. The highest BCUT2D eigenvalue weighted by atomic mass is 16.3. The molecule has 4 nitrogen and oxygen atoms in total. The summed E-state index contributed by atoms with van der Waals surface area (Å²) in [6.07, 6.45) is 7.90. The van der Waals surface area contributed by atoms with Crippen molar-refractivity contribution in [2.24, 2.45) is 0 Å². The fraction of sp³-hybridized carbons (Fsp3) is 0.308. The molecule has 0 saturated carbocycles. The third kappa shape index (κ3) is 5.17. The van der Waals surface area contributed by atoms with Gasteiger partial charge in [0.25, 0.3) is 0 Å². The maximum atomic E-state index is 10.7. The summed E-state index contributed by atoms with van der Waals surface area (Å²) < 4.78 is 0. The van der Waals surface area contributed by atoms with Crippen molar-refractivity contribution < 1.29 is 14.7 Å². The van der Waals surface area contributed by atoms with E-state index < -0.39 is 6.61 Å². The van der Waals surface area contributed by atoms with Crippen LogP contribution >= 0.6 is 0 Å². The molecule has 0 amide bonds. The SMILES string of the molecule is O=Cc1ccc(CCC/C=C\C(=O)CO)nc1. The average Bonchev–Trinajstić information content (AvgIpc) is 2.38. The van der Waals surface area contributed by atoms with Crippen molar-refractivity contribution in [2.75, 3.05) is 6.61 Å². The van der Waals surface area contributed by atoms with Gasteiger partial charge in [0.2, 0.25) is 0 Å². The molecule has 1 N–H and O–H groups in total. The highest BCUT2D eigenvalue weighted by Gasteiger charge is 1.95. The molecule has 0 aromatic carbocycles. The zero-order chi connectivity index (χ0) is 12.5. The maximum absolute atomic E-state index is 10.7. The largest absolute Gasteiger partial charge is 0.388 e. The van der Waals surface area contributed by atoms with E-state index in [9.17, 15) is 9.59 Å². The van der Waals surface area contributed by atoms with Crippen LogP contribution in [0, 0.1) is 0 Å². The van der Waals surface area contributed by atoms with Crippen molar-refractivity contribution in [1.29, 1.82) is 0 Å². The predicted molar refractivity (Wildman–Crippen MR) is 63.8 cm³/mol. The Labute approximate surface area is 100.0 Å². The molecule has 1 aromatic rings. The standard InChI is InChI=1S/C13H15NO3/c15-9-11-6-7-12(14-8-11)4-2-1-3-5-13(17)10-16/h3,5-9,16H,1-2,4,10H2/b5-3-. The lowest BCUT2D eigenvalue weighted by molar-refractivity contribution is -0.117. The second-order valence-corrected chi connectivity index (χ2v) is 3.62. The first-order valence-electron chi connectivity index (χ1n) is 5.46. The number of hydrogen-bond donors (Lipinski definition) is 1. The Bertz CT molecular complexity index is 396. The van der Waals surface area contributed by atoms with Crippen LogP contribution in [0.15, 0.2) is 30.5 Å². The fourth-order valence-electron chi connectivity index (χ4n) is 1.32. The molecule has 0 fully saturated rings. The van der Waals surface area contributed by atoms with Crippen LogP contribution in [0.3, 0.4) is 0 Å². The first kappa shape index (κ1) is 13.3. The van der Waals surface area contributed by atoms with Crippen LogP contribution in [0.1, 0.15) is 28.9 Å². The van der Waals surface area contributed by atoms with Crippen molar-refractivity contribution in [3.8, 4) is 0 Å². The number of aldehydes is 1. The lowest BCUT2D eigenvalue weighted by Gasteiger charge is -1.98. The molecule has 1 aromatic heterocycles. The van der Waals surface area contributed by atoms with Crippen LogP contribution in [-0.4, -0.2) is 28.8 Å². The van der Waals surface area contributed by atoms with Gasteiger partial charge in [-0.25, -0.2) is 0 Å².